The van der Waals surface area contributed by atoms with Crippen LogP contribution in [0.4, 0.5) is 5.82 Å². The van der Waals surface area contributed by atoms with Gasteiger partial charge in [-0.3, -0.25) is 0 Å². The molecule has 0 unspecified atom stereocenters. The summed E-state index contributed by atoms with van der Waals surface area (Å²) >= 11 is 1.66. The van der Waals surface area contributed by atoms with Crippen LogP contribution in [0.25, 0.3) is 22.4 Å². The molecule has 2 N–H and O–H groups in total. The number of anilines is 1. The van der Waals surface area contributed by atoms with Crippen molar-refractivity contribution in [1.29, 1.82) is 10.5 Å². The van der Waals surface area contributed by atoms with Crippen molar-refractivity contribution in [2.75, 3.05) is 12.0 Å². The van der Waals surface area contributed by atoms with Crippen LogP contribution in [0, 0.1) is 22.7 Å². The van der Waals surface area contributed by atoms with Gasteiger partial charge in [0.1, 0.15) is 17.5 Å². The molecule has 1 aromatic heterocycles. The van der Waals surface area contributed by atoms with Gasteiger partial charge in [-0.15, -0.1) is 11.8 Å². The summed E-state index contributed by atoms with van der Waals surface area (Å²) in [4.78, 5) is 5.51. The molecule has 0 amide bonds. The van der Waals surface area contributed by atoms with Crippen LogP contribution in [0.3, 0.4) is 0 Å². The number of nitriles is 2. The van der Waals surface area contributed by atoms with E-state index in [1.165, 1.54) is 0 Å². The lowest BCUT2D eigenvalue weighted by Crippen LogP contribution is -1.99. The van der Waals surface area contributed by atoms with E-state index < -0.39 is 0 Å². The van der Waals surface area contributed by atoms with Crippen molar-refractivity contribution in [3.05, 3.63) is 65.7 Å². The van der Waals surface area contributed by atoms with E-state index in [0.29, 0.717) is 16.8 Å². The van der Waals surface area contributed by atoms with Gasteiger partial charge in [0.25, 0.3) is 0 Å². The van der Waals surface area contributed by atoms with Gasteiger partial charge in [0.05, 0.1) is 17.3 Å². The number of nitrogen functional groups attached to an aromatic ring is 1. The van der Waals surface area contributed by atoms with Crippen LogP contribution in [0.15, 0.2) is 59.5 Å². The first-order valence-corrected chi connectivity index (χ1v) is 8.74. The third kappa shape index (κ3) is 3.33. The predicted octanol–water partition coefficient (Wildman–Crippen LogP) is 4.46. The van der Waals surface area contributed by atoms with Crippen LogP contribution in [0.2, 0.25) is 0 Å². The minimum atomic E-state index is 0.202. The minimum absolute atomic E-state index is 0.202. The highest BCUT2D eigenvalue weighted by Crippen LogP contribution is 2.32. The minimum Gasteiger partial charge on any atom is -0.383 e. The van der Waals surface area contributed by atoms with Gasteiger partial charge < -0.3 is 5.73 Å². The molecule has 0 atom stereocenters. The number of hydrogen-bond acceptors (Lipinski definition) is 5. The molecule has 5 heteroatoms. The predicted molar refractivity (Wildman–Crippen MR) is 101 cm³/mol. The largest absolute Gasteiger partial charge is 0.383 e. The maximum Gasteiger partial charge on any atom is 0.142 e. The second kappa shape index (κ2) is 7.09. The first-order chi connectivity index (χ1) is 12.2. The summed E-state index contributed by atoms with van der Waals surface area (Å²) < 4.78 is 0. The van der Waals surface area contributed by atoms with E-state index in [2.05, 4.69) is 17.1 Å². The molecule has 0 bridgehead atoms. The smallest absolute Gasteiger partial charge is 0.142 e. The summed E-state index contributed by atoms with van der Waals surface area (Å²) in [5.41, 5.74) is 10.2. The molecule has 2 aromatic carbocycles. The molecule has 0 fully saturated rings. The zero-order valence-corrected chi connectivity index (χ0v) is 14.3. The van der Waals surface area contributed by atoms with Gasteiger partial charge in [-0.25, -0.2) is 4.98 Å². The number of thioether (sulfide) groups is 1. The summed E-state index contributed by atoms with van der Waals surface area (Å²) in [7, 11) is 0. The van der Waals surface area contributed by atoms with E-state index in [4.69, 9.17) is 11.0 Å². The molecular weight excluding hydrogens is 328 g/mol. The van der Waals surface area contributed by atoms with Crippen LogP contribution in [-0.2, 0) is 0 Å². The summed E-state index contributed by atoms with van der Waals surface area (Å²) in [6, 6.07) is 21.2. The molecule has 3 aromatic rings. The van der Waals surface area contributed by atoms with Crippen molar-refractivity contribution in [3.8, 4) is 34.5 Å². The van der Waals surface area contributed by atoms with E-state index in [1.807, 2.05) is 48.7 Å². The molecule has 0 spiro atoms. The zero-order valence-electron chi connectivity index (χ0n) is 13.5. The third-order valence-electron chi connectivity index (χ3n) is 3.87. The molecule has 0 radical (unpaired) electrons. The molecule has 0 saturated heterocycles. The number of aromatic nitrogens is 1. The summed E-state index contributed by atoms with van der Waals surface area (Å²) in [6.07, 6.45) is 2.02. The molecule has 120 valence electrons. The number of benzene rings is 2. The van der Waals surface area contributed by atoms with Crippen molar-refractivity contribution in [2.45, 2.75) is 4.90 Å². The molecule has 3 rings (SSSR count). The Morgan fingerprint density at radius 2 is 1.56 bits per heavy atom. The topological polar surface area (TPSA) is 86.5 Å². The van der Waals surface area contributed by atoms with Crippen LogP contribution in [0.1, 0.15) is 11.1 Å². The zero-order chi connectivity index (χ0) is 17.8. The Labute approximate surface area is 150 Å². The highest BCUT2D eigenvalue weighted by molar-refractivity contribution is 7.98. The number of nitrogens with zero attached hydrogens (tertiary/aromatic N) is 3. The highest BCUT2D eigenvalue weighted by atomic mass is 32.2. The second-order valence-electron chi connectivity index (χ2n) is 5.34. The Balaban J connectivity index is 2.14. The summed E-state index contributed by atoms with van der Waals surface area (Å²) in [5, 5.41) is 18.4. The molecule has 0 aliphatic carbocycles. The molecule has 0 aliphatic heterocycles. The van der Waals surface area contributed by atoms with Crippen molar-refractivity contribution in [3.63, 3.8) is 0 Å². The van der Waals surface area contributed by atoms with Crippen molar-refractivity contribution >= 4 is 17.6 Å². The molecule has 25 heavy (non-hydrogen) atoms. The fraction of sp³-hybridized carbons (Fsp3) is 0.0500. The van der Waals surface area contributed by atoms with Crippen LogP contribution < -0.4 is 5.73 Å². The lowest BCUT2D eigenvalue weighted by atomic mass is 9.98. The van der Waals surface area contributed by atoms with Crippen molar-refractivity contribution in [2.24, 2.45) is 0 Å². The lowest BCUT2D eigenvalue weighted by molar-refractivity contribution is 1.30. The Morgan fingerprint density at radius 3 is 2.12 bits per heavy atom. The van der Waals surface area contributed by atoms with Gasteiger partial charge in [0.15, 0.2) is 0 Å². The summed E-state index contributed by atoms with van der Waals surface area (Å²) in [6.45, 7) is 0. The Kier molecular flexibility index (Phi) is 4.70. The van der Waals surface area contributed by atoms with Gasteiger partial charge in [-0.2, -0.15) is 10.5 Å². The average molecular weight is 342 g/mol. The van der Waals surface area contributed by atoms with E-state index in [9.17, 15) is 5.26 Å². The lowest BCUT2D eigenvalue weighted by Gasteiger charge is -2.11. The van der Waals surface area contributed by atoms with Crippen LogP contribution in [-0.4, -0.2) is 11.2 Å². The maximum absolute atomic E-state index is 9.48. The Hall–Kier alpha value is -3.28. The normalized spacial score (nSPS) is 10.0. The maximum atomic E-state index is 9.48. The van der Waals surface area contributed by atoms with Gasteiger partial charge in [-0.05, 0) is 42.2 Å². The first-order valence-electron chi connectivity index (χ1n) is 7.52. The van der Waals surface area contributed by atoms with Crippen molar-refractivity contribution < 1.29 is 0 Å². The number of rotatable bonds is 3. The number of pyridine rings is 1. The van der Waals surface area contributed by atoms with E-state index in [0.717, 1.165) is 21.6 Å². The SMILES string of the molecule is CSc1ccc(-c2cc(-c3ccc(C#N)cc3)nc(N)c2C#N)cc1. The monoisotopic (exact) mass is 342 g/mol. The second-order valence-corrected chi connectivity index (χ2v) is 6.22. The molecule has 4 nitrogen and oxygen atoms in total. The van der Waals surface area contributed by atoms with Gasteiger partial charge in [0, 0.05) is 16.0 Å². The van der Waals surface area contributed by atoms with Crippen LogP contribution >= 0.6 is 11.8 Å². The molecular formula is C20H14N4S. The van der Waals surface area contributed by atoms with Gasteiger partial charge in [0.2, 0.25) is 0 Å². The molecule has 0 aliphatic rings. The highest BCUT2D eigenvalue weighted by Gasteiger charge is 2.13. The average Bonchev–Trinajstić information content (AvgIpc) is 2.67. The van der Waals surface area contributed by atoms with Crippen LogP contribution in [0.5, 0.6) is 0 Å². The van der Waals surface area contributed by atoms with Gasteiger partial charge in [-0.1, -0.05) is 24.3 Å². The van der Waals surface area contributed by atoms with E-state index >= 15 is 0 Å². The molecule has 0 saturated carbocycles. The fourth-order valence-electron chi connectivity index (χ4n) is 2.54. The standard InChI is InChI=1S/C20H14N4S/c1-25-16-8-6-14(7-9-16)17-10-19(24-20(23)18(17)12-22)15-4-2-13(11-21)3-5-15/h2-10H,1H3,(H2,23,24). The Bertz CT molecular complexity index is 994. The van der Waals surface area contributed by atoms with E-state index in [-0.39, 0.29) is 5.82 Å². The quantitative estimate of drug-likeness (QED) is 0.710. The number of hydrogen-bond donors (Lipinski definition) is 1. The van der Waals surface area contributed by atoms with E-state index in [1.54, 1.807) is 23.9 Å². The first kappa shape index (κ1) is 16.6. The fourth-order valence-corrected chi connectivity index (χ4v) is 2.95. The van der Waals surface area contributed by atoms with Crippen molar-refractivity contribution in [1.82, 2.24) is 4.98 Å². The molecule has 1 heterocycles. The van der Waals surface area contributed by atoms with Gasteiger partial charge >= 0.3 is 0 Å². The Morgan fingerprint density at radius 1 is 0.920 bits per heavy atom. The number of nitrogens with two attached hydrogens (primary N) is 1. The summed E-state index contributed by atoms with van der Waals surface area (Å²) in [5.74, 6) is 0.202. The third-order valence-corrected chi connectivity index (χ3v) is 4.61.